The number of hydrogen-bond donors (Lipinski definition) is 2. The number of amides is 2. The van der Waals surface area contributed by atoms with Gasteiger partial charge in [0.15, 0.2) is 5.65 Å². The fourth-order valence-electron chi connectivity index (χ4n) is 2.83. The van der Waals surface area contributed by atoms with Gasteiger partial charge in [-0.1, -0.05) is 6.07 Å². The Bertz CT molecular complexity index is 991. The minimum atomic E-state index is -0.566. The summed E-state index contributed by atoms with van der Waals surface area (Å²) in [7, 11) is 0. The number of nitrogens with one attached hydrogen (secondary N) is 1. The first kappa shape index (κ1) is 17.5. The lowest BCUT2D eigenvalue weighted by molar-refractivity contribution is -0.116. The highest BCUT2D eigenvalue weighted by molar-refractivity contribution is 5.98. The number of fused-ring (bicyclic) bond motifs is 1. The highest BCUT2D eigenvalue weighted by Crippen LogP contribution is 2.18. The maximum atomic E-state index is 12.2. The predicted octanol–water partition coefficient (Wildman–Crippen LogP) is 1.72. The molecule has 8 heteroatoms. The lowest BCUT2D eigenvalue weighted by Gasteiger charge is -2.11. The van der Waals surface area contributed by atoms with E-state index in [4.69, 9.17) is 5.73 Å². The molecule has 0 saturated carbocycles. The monoisotopic (exact) mass is 352 g/mol. The number of anilines is 1. The second kappa shape index (κ2) is 6.91. The summed E-state index contributed by atoms with van der Waals surface area (Å²) < 4.78 is 1.59. The average Bonchev–Trinajstić information content (AvgIpc) is 3.01. The Labute approximate surface area is 150 Å². The van der Waals surface area contributed by atoms with Gasteiger partial charge in [-0.3, -0.25) is 9.59 Å². The first-order chi connectivity index (χ1) is 12.4. The molecule has 0 aliphatic carbocycles. The van der Waals surface area contributed by atoms with Crippen LogP contribution in [-0.2, 0) is 11.2 Å². The van der Waals surface area contributed by atoms with E-state index in [9.17, 15) is 9.59 Å². The van der Waals surface area contributed by atoms with Gasteiger partial charge in [0.2, 0.25) is 5.91 Å². The van der Waals surface area contributed by atoms with Crippen molar-refractivity contribution in [2.24, 2.45) is 5.73 Å². The van der Waals surface area contributed by atoms with E-state index in [1.165, 1.54) is 6.20 Å². The molecule has 0 aliphatic rings. The second-order valence-corrected chi connectivity index (χ2v) is 6.19. The molecule has 3 heterocycles. The van der Waals surface area contributed by atoms with E-state index in [2.05, 4.69) is 20.4 Å². The number of carbonyl (C=O) groups excluding carboxylic acids is 2. The lowest BCUT2D eigenvalue weighted by Crippen LogP contribution is -2.15. The van der Waals surface area contributed by atoms with Crippen molar-refractivity contribution in [3.8, 4) is 0 Å². The fraction of sp³-hybridized carbons (Fsp3) is 0.278. The van der Waals surface area contributed by atoms with Gasteiger partial charge in [0.1, 0.15) is 11.4 Å². The van der Waals surface area contributed by atoms with Crippen LogP contribution in [-0.4, -0.2) is 31.4 Å². The number of primary amides is 1. The van der Waals surface area contributed by atoms with E-state index < -0.39 is 5.91 Å². The molecule has 26 heavy (non-hydrogen) atoms. The van der Waals surface area contributed by atoms with Crippen LogP contribution < -0.4 is 11.1 Å². The van der Waals surface area contributed by atoms with Crippen LogP contribution in [0.3, 0.4) is 0 Å². The maximum absolute atomic E-state index is 12.2. The first-order valence-corrected chi connectivity index (χ1v) is 8.23. The molecule has 0 aliphatic heterocycles. The highest BCUT2D eigenvalue weighted by atomic mass is 16.2. The van der Waals surface area contributed by atoms with Gasteiger partial charge >= 0.3 is 0 Å². The molecule has 0 fully saturated rings. The van der Waals surface area contributed by atoms with Gasteiger partial charge in [-0.15, -0.1) is 0 Å². The molecule has 0 spiro atoms. The summed E-state index contributed by atoms with van der Waals surface area (Å²) in [5, 5.41) is 6.97. The smallest absolute Gasteiger partial charge is 0.254 e. The second-order valence-electron chi connectivity index (χ2n) is 6.19. The van der Waals surface area contributed by atoms with Gasteiger partial charge in [0, 0.05) is 24.0 Å². The predicted molar refractivity (Wildman–Crippen MR) is 96.9 cm³/mol. The van der Waals surface area contributed by atoms with Crippen molar-refractivity contribution in [3.63, 3.8) is 0 Å². The molecule has 0 unspecified atom stereocenters. The minimum Gasteiger partial charge on any atom is -0.365 e. The van der Waals surface area contributed by atoms with Crippen LogP contribution in [0.5, 0.6) is 0 Å². The molecule has 3 aromatic heterocycles. The Morgan fingerprint density at radius 2 is 1.96 bits per heavy atom. The van der Waals surface area contributed by atoms with Crippen molar-refractivity contribution in [1.82, 2.24) is 19.6 Å². The molecular formula is C18H20N6O2. The van der Waals surface area contributed by atoms with Crippen LogP contribution in [0.2, 0.25) is 0 Å². The number of pyridine rings is 1. The molecular weight excluding hydrogens is 332 g/mol. The standard InChI is InChI=1S/C18H20N6O2/c1-10-4-6-15(20-8-10)23-16(25)7-5-13-11(2)22-18-14(17(19)26)9-21-24(18)12(13)3/h4,6,8-9H,5,7H2,1-3H3,(H2,19,26)(H,20,23,25). The van der Waals surface area contributed by atoms with Crippen LogP contribution >= 0.6 is 0 Å². The van der Waals surface area contributed by atoms with Gasteiger partial charge in [-0.05, 0) is 44.4 Å². The summed E-state index contributed by atoms with van der Waals surface area (Å²) >= 11 is 0. The van der Waals surface area contributed by atoms with Gasteiger partial charge in [-0.25, -0.2) is 14.5 Å². The van der Waals surface area contributed by atoms with Crippen LogP contribution in [0, 0.1) is 20.8 Å². The number of nitrogens with zero attached hydrogens (tertiary/aromatic N) is 4. The summed E-state index contributed by atoms with van der Waals surface area (Å²) in [4.78, 5) is 32.3. The van der Waals surface area contributed by atoms with Gasteiger partial charge < -0.3 is 11.1 Å². The Balaban J connectivity index is 1.77. The van der Waals surface area contributed by atoms with E-state index in [0.717, 1.165) is 22.5 Å². The number of rotatable bonds is 5. The fourth-order valence-corrected chi connectivity index (χ4v) is 2.83. The highest BCUT2D eigenvalue weighted by Gasteiger charge is 2.17. The van der Waals surface area contributed by atoms with Crippen LogP contribution in [0.1, 0.15) is 39.3 Å². The van der Waals surface area contributed by atoms with Crippen LogP contribution in [0.4, 0.5) is 5.82 Å². The molecule has 0 aromatic carbocycles. The third kappa shape index (κ3) is 3.39. The zero-order valence-corrected chi connectivity index (χ0v) is 14.9. The SMILES string of the molecule is Cc1ccc(NC(=O)CCc2c(C)nc3c(C(N)=O)cnn3c2C)nc1. The van der Waals surface area contributed by atoms with Crippen LogP contribution in [0.15, 0.2) is 24.5 Å². The Morgan fingerprint density at radius 1 is 1.19 bits per heavy atom. The minimum absolute atomic E-state index is 0.126. The number of carbonyl (C=O) groups is 2. The Morgan fingerprint density at radius 3 is 2.62 bits per heavy atom. The molecule has 3 aromatic rings. The van der Waals surface area contributed by atoms with E-state index in [0.29, 0.717) is 17.9 Å². The molecule has 0 atom stereocenters. The molecule has 3 N–H and O–H groups in total. The number of aryl methyl sites for hydroxylation is 3. The molecule has 0 radical (unpaired) electrons. The number of nitrogens with two attached hydrogens (primary N) is 1. The zero-order chi connectivity index (χ0) is 18.8. The molecule has 2 amide bonds. The number of aromatic nitrogens is 4. The maximum Gasteiger partial charge on any atom is 0.254 e. The van der Waals surface area contributed by atoms with E-state index in [1.807, 2.05) is 26.8 Å². The Kier molecular flexibility index (Phi) is 4.66. The third-order valence-electron chi connectivity index (χ3n) is 4.25. The first-order valence-electron chi connectivity index (χ1n) is 8.23. The quantitative estimate of drug-likeness (QED) is 0.725. The van der Waals surface area contributed by atoms with Crippen molar-refractivity contribution >= 4 is 23.3 Å². The Hall–Kier alpha value is -3.29. The third-order valence-corrected chi connectivity index (χ3v) is 4.25. The molecule has 3 rings (SSSR count). The summed E-state index contributed by atoms with van der Waals surface area (Å²) in [5.41, 5.74) is 9.61. The normalized spacial score (nSPS) is 10.9. The summed E-state index contributed by atoms with van der Waals surface area (Å²) in [6.07, 6.45) is 3.91. The summed E-state index contributed by atoms with van der Waals surface area (Å²) in [6, 6.07) is 3.66. The van der Waals surface area contributed by atoms with Crippen molar-refractivity contribution in [1.29, 1.82) is 0 Å². The lowest BCUT2D eigenvalue weighted by atomic mass is 10.1. The zero-order valence-electron chi connectivity index (χ0n) is 14.9. The van der Waals surface area contributed by atoms with E-state index in [-0.39, 0.29) is 17.9 Å². The molecule has 0 bridgehead atoms. The van der Waals surface area contributed by atoms with E-state index >= 15 is 0 Å². The van der Waals surface area contributed by atoms with Crippen LogP contribution in [0.25, 0.3) is 5.65 Å². The average molecular weight is 352 g/mol. The van der Waals surface area contributed by atoms with Crippen molar-refractivity contribution in [3.05, 3.63) is 52.6 Å². The molecule has 8 nitrogen and oxygen atoms in total. The van der Waals surface area contributed by atoms with Crippen molar-refractivity contribution in [2.75, 3.05) is 5.32 Å². The molecule has 0 saturated heterocycles. The largest absolute Gasteiger partial charge is 0.365 e. The van der Waals surface area contributed by atoms with Crippen molar-refractivity contribution in [2.45, 2.75) is 33.6 Å². The summed E-state index contributed by atoms with van der Waals surface area (Å²) in [5.74, 6) is -0.164. The topological polar surface area (TPSA) is 115 Å². The molecule has 134 valence electrons. The van der Waals surface area contributed by atoms with Gasteiger partial charge in [0.25, 0.3) is 5.91 Å². The summed E-state index contributed by atoms with van der Waals surface area (Å²) in [6.45, 7) is 5.67. The van der Waals surface area contributed by atoms with E-state index in [1.54, 1.807) is 16.8 Å². The number of hydrogen-bond acceptors (Lipinski definition) is 5. The van der Waals surface area contributed by atoms with Gasteiger partial charge in [-0.2, -0.15) is 5.10 Å². The van der Waals surface area contributed by atoms with Crippen molar-refractivity contribution < 1.29 is 9.59 Å². The van der Waals surface area contributed by atoms with Gasteiger partial charge in [0.05, 0.1) is 6.20 Å².